The normalized spacial score (nSPS) is 17.5. The molecule has 1 aliphatic heterocycles. The summed E-state index contributed by atoms with van der Waals surface area (Å²) in [5, 5.41) is 4.82. The highest BCUT2D eigenvalue weighted by atomic mass is 16.5. The molecule has 1 fully saturated rings. The molecule has 0 saturated carbocycles. The molecule has 1 aliphatic rings. The molecule has 4 heteroatoms. The Hall–Kier alpha value is -1.65. The molecule has 1 N–H and O–H groups in total. The van der Waals surface area contributed by atoms with E-state index in [0.29, 0.717) is 5.92 Å². The SMILES string of the molecule is Cc1cccc2c(NCC(C)CN3CCOCC3)ccnc12. The number of para-hydroxylation sites is 1. The molecule has 4 nitrogen and oxygen atoms in total. The molecule has 2 aromatic rings. The monoisotopic (exact) mass is 299 g/mol. The van der Waals surface area contributed by atoms with Crippen molar-refractivity contribution in [2.45, 2.75) is 13.8 Å². The molecule has 0 amide bonds. The zero-order chi connectivity index (χ0) is 15.4. The smallest absolute Gasteiger partial charge is 0.0751 e. The Morgan fingerprint density at radius 3 is 2.91 bits per heavy atom. The number of aromatic nitrogens is 1. The lowest BCUT2D eigenvalue weighted by Gasteiger charge is -2.29. The quantitative estimate of drug-likeness (QED) is 0.921. The lowest BCUT2D eigenvalue weighted by atomic mass is 10.1. The highest BCUT2D eigenvalue weighted by Crippen LogP contribution is 2.23. The van der Waals surface area contributed by atoms with Crippen LogP contribution in [0.4, 0.5) is 5.69 Å². The van der Waals surface area contributed by atoms with Gasteiger partial charge in [0.1, 0.15) is 0 Å². The molecule has 3 rings (SSSR count). The van der Waals surface area contributed by atoms with E-state index in [0.717, 1.165) is 44.9 Å². The van der Waals surface area contributed by atoms with E-state index in [1.807, 2.05) is 6.20 Å². The van der Waals surface area contributed by atoms with Crippen molar-refractivity contribution in [1.82, 2.24) is 9.88 Å². The standard InChI is InChI=1S/C18H25N3O/c1-14(13-21-8-10-22-11-9-21)12-20-17-6-7-19-18-15(2)4-3-5-16(17)18/h3-7,14H,8-13H2,1-2H3,(H,19,20). The van der Waals surface area contributed by atoms with E-state index in [9.17, 15) is 0 Å². The first-order chi connectivity index (χ1) is 10.7. The van der Waals surface area contributed by atoms with E-state index in [2.05, 4.69) is 53.3 Å². The van der Waals surface area contributed by atoms with Gasteiger partial charge in [0.05, 0.1) is 18.7 Å². The number of anilines is 1. The zero-order valence-corrected chi connectivity index (χ0v) is 13.5. The van der Waals surface area contributed by atoms with Gasteiger partial charge in [-0.3, -0.25) is 9.88 Å². The van der Waals surface area contributed by atoms with Gasteiger partial charge in [-0.15, -0.1) is 0 Å². The summed E-state index contributed by atoms with van der Waals surface area (Å²) >= 11 is 0. The minimum absolute atomic E-state index is 0.603. The largest absolute Gasteiger partial charge is 0.384 e. The van der Waals surface area contributed by atoms with Gasteiger partial charge in [0, 0.05) is 43.4 Å². The second-order valence-electron chi connectivity index (χ2n) is 6.23. The Bertz CT molecular complexity index is 623. The Morgan fingerprint density at radius 1 is 1.27 bits per heavy atom. The Balaban J connectivity index is 1.62. The van der Waals surface area contributed by atoms with Crippen LogP contribution in [-0.2, 0) is 4.74 Å². The van der Waals surface area contributed by atoms with Gasteiger partial charge in [-0.25, -0.2) is 0 Å². The number of rotatable bonds is 5. The molecule has 0 radical (unpaired) electrons. The maximum absolute atomic E-state index is 5.41. The van der Waals surface area contributed by atoms with E-state index >= 15 is 0 Å². The number of nitrogens with one attached hydrogen (secondary N) is 1. The molecule has 118 valence electrons. The van der Waals surface area contributed by atoms with Gasteiger partial charge < -0.3 is 10.1 Å². The molecule has 2 heterocycles. The summed E-state index contributed by atoms with van der Waals surface area (Å²) in [6, 6.07) is 8.43. The third-order valence-electron chi connectivity index (χ3n) is 4.29. The Labute approximate surface area is 132 Å². The third-order valence-corrected chi connectivity index (χ3v) is 4.29. The molecule has 1 saturated heterocycles. The first-order valence-corrected chi connectivity index (χ1v) is 8.12. The van der Waals surface area contributed by atoms with Crippen molar-refractivity contribution in [2.24, 2.45) is 5.92 Å². The fraction of sp³-hybridized carbons (Fsp3) is 0.500. The van der Waals surface area contributed by atoms with Gasteiger partial charge in [-0.1, -0.05) is 25.1 Å². The average molecular weight is 299 g/mol. The molecule has 22 heavy (non-hydrogen) atoms. The molecule has 1 unspecified atom stereocenters. The predicted molar refractivity (Wildman–Crippen MR) is 91.4 cm³/mol. The number of ether oxygens (including phenoxy) is 1. The number of pyridine rings is 1. The van der Waals surface area contributed by atoms with Gasteiger partial charge in [0.2, 0.25) is 0 Å². The number of hydrogen-bond acceptors (Lipinski definition) is 4. The topological polar surface area (TPSA) is 37.4 Å². The zero-order valence-electron chi connectivity index (χ0n) is 13.5. The summed E-state index contributed by atoms with van der Waals surface area (Å²) in [5.41, 5.74) is 3.50. The summed E-state index contributed by atoms with van der Waals surface area (Å²) in [4.78, 5) is 6.99. The van der Waals surface area contributed by atoms with E-state index in [1.165, 1.54) is 16.6 Å². The number of aryl methyl sites for hydroxylation is 1. The van der Waals surface area contributed by atoms with Crippen LogP contribution >= 0.6 is 0 Å². The number of fused-ring (bicyclic) bond motifs is 1. The molecular weight excluding hydrogens is 274 g/mol. The van der Waals surface area contributed by atoms with Crippen LogP contribution < -0.4 is 5.32 Å². The second kappa shape index (κ2) is 7.07. The number of morpholine rings is 1. The number of nitrogens with zero attached hydrogens (tertiary/aromatic N) is 2. The first-order valence-electron chi connectivity index (χ1n) is 8.12. The summed E-state index contributed by atoms with van der Waals surface area (Å²) in [6.07, 6.45) is 1.89. The molecule has 0 aliphatic carbocycles. The summed E-state index contributed by atoms with van der Waals surface area (Å²) < 4.78 is 5.41. The van der Waals surface area contributed by atoms with Crippen molar-refractivity contribution in [2.75, 3.05) is 44.7 Å². The lowest BCUT2D eigenvalue weighted by Crippen LogP contribution is -2.40. The van der Waals surface area contributed by atoms with Crippen molar-refractivity contribution in [3.8, 4) is 0 Å². The van der Waals surface area contributed by atoms with Crippen LogP contribution in [0.1, 0.15) is 12.5 Å². The molecule has 1 atom stereocenters. The van der Waals surface area contributed by atoms with E-state index in [1.54, 1.807) is 0 Å². The van der Waals surface area contributed by atoms with Crippen LogP contribution in [0.5, 0.6) is 0 Å². The van der Waals surface area contributed by atoms with Gasteiger partial charge in [0.15, 0.2) is 0 Å². The van der Waals surface area contributed by atoms with Crippen molar-refractivity contribution in [1.29, 1.82) is 0 Å². The maximum Gasteiger partial charge on any atom is 0.0751 e. The van der Waals surface area contributed by atoms with Crippen molar-refractivity contribution < 1.29 is 4.74 Å². The summed E-state index contributed by atoms with van der Waals surface area (Å²) in [5.74, 6) is 0.603. The Morgan fingerprint density at radius 2 is 2.09 bits per heavy atom. The van der Waals surface area contributed by atoms with Crippen molar-refractivity contribution in [3.63, 3.8) is 0 Å². The van der Waals surface area contributed by atoms with Crippen LogP contribution in [-0.4, -0.2) is 49.3 Å². The minimum atomic E-state index is 0.603. The molecule has 1 aromatic carbocycles. The van der Waals surface area contributed by atoms with Gasteiger partial charge in [-0.2, -0.15) is 0 Å². The first kappa shape index (κ1) is 15.3. The van der Waals surface area contributed by atoms with Crippen molar-refractivity contribution >= 4 is 16.6 Å². The van der Waals surface area contributed by atoms with E-state index in [-0.39, 0.29) is 0 Å². The number of hydrogen-bond donors (Lipinski definition) is 1. The minimum Gasteiger partial charge on any atom is -0.384 e. The number of benzene rings is 1. The highest BCUT2D eigenvalue weighted by Gasteiger charge is 2.14. The average Bonchev–Trinajstić information content (AvgIpc) is 2.54. The van der Waals surface area contributed by atoms with Crippen LogP contribution in [0.25, 0.3) is 10.9 Å². The van der Waals surface area contributed by atoms with Crippen LogP contribution in [0, 0.1) is 12.8 Å². The summed E-state index contributed by atoms with van der Waals surface area (Å²) in [7, 11) is 0. The Kier molecular flexibility index (Phi) is 4.90. The summed E-state index contributed by atoms with van der Waals surface area (Å²) in [6.45, 7) is 10.4. The van der Waals surface area contributed by atoms with Gasteiger partial charge in [0.25, 0.3) is 0 Å². The lowest BCUT2D eigenvalue weighted by molar-refractivity contribution is 0.0325. The third kappa shape index (κ3) is 3.57. The fourth-order valence-electron chi connectivity index (χ4n) is 3.05. The van der Waals surface area contributed by atoms with Crippen LogP contribution in [0.2, 0.25) is 0 Å². The molecule has 1 aromatic heterocycles. The molecule has 0 spiro atoms. The van der Waals surface area contributed by atoms with Crippen LogP contribution in [0.3, 0.4) is 0 Å². The predicted octanol–water partition coefficient (Wildman–Crippen LogP) is 2.92. The molecular formula is C18H25N3O. The highest BCUT2D eigenvalue weighted by molar-refractivity contribution is 5.92. The molecule has 0 bridgehead atoms. The van der Waals surface area contributed by atoms with E-state index < -0.39 is 0 Å². The van der Waals surface area contributed by atoms with Gasteiger partial charge >= 0.3 is 0 Å². The second-order valence-corrected chi connectivity index (χ2v) is 6.23. The van der Waals surface area contributed by atoms with E-state index in [4.69, 9.17) is 4.74 Å². The van der Waals surface area contributed by atoms with Crippen molar-refractivity contribution in [3.05, 3.63) is 36.0 Å². The fourth-order valence-corrected chi connectivity index (χ4v) is 3.05. The van der Waals surface area contributed by atoms with Gasteiger partial charge in [-0.05, 0) is 24.5 Å². The van der Waals surface area contributed by atoms with Crippen LogP contribution in [0.15, 0.2) is 30.5 Å². The maximum atomic E-state index is 5.41.